The predicted octanol–water partition coefficient (Wildman–Crippen LogP) is 4.61. The average Bonchev–Trinajstić information content (AvgIpc) is 3.10. The Labute approximate surface area is 161 Å². The zero-order valence-electron chi connectivity index (χ0n) is 16.7. The minimum Gasteiger partial charge on any atom is -0.481 e. The van der Waals surface area contributed by atoms with Crippen molar-refractivity contribution in [1.29, 1.82) is 0 Å². The van der Waals surface area contributed by atoms with Crippen LogP contribution >= 0.6 is 0 Å². The summed E-state index contributed by atoms with van der Waals surface area (Å²) in [4.78, 5) is 13.9. The molecule has 0 amide bonds. The molecule has 5 nitrogen and oxygen atoms in total. The maximum absolute atomic E-state index is 11.7. The molecule has 1 aliphatic heterocycles. The molecular weight excluding hydrogens is 340 g/mol. The summed E-state index contributed by atoms with van der Waals surface area (Å²) in [6.07, 6.45) is 1.79. The Morgan fingerprint density at radius 2 is 2.11 bits per heavy atom. The Bertz CT molecular complexity index is 796. The first kappa shape index (κ1) is 19.6. The molecule has 0 radical (unpaired) electrons. The van der Waals surface area contributed by atoms with E-state index in [9.17, 15) is 9.90 Å². The third-order valence-corrected chi connectivity index (χ3v) is 6.14. The number of hydrogen-bond donors (Lipinski definition) is 1. The Morgan fingerprint density at radius 3 is 2.78 bits per heavy atom. The quantitative estimate of drug-likeness (QED) is 0.804. The van der Waals surface area contributed by atoms with E-state index in [0.29, 0.717) is 19.0 Å². The lowest BCUT2D eigenvalue weighted by atomic mass is 9.70. The number of aliphatic carboxylic acids is 1. The highest BCUT2D eigenvalue weighted by atomic mass is 16.5. The number of carbonyl (C=O) groups is 1. The van der Waals surface area contributed by atoms with Crippen LogP contribution in [0.3, 0.4) is 0 Å². The first-order valence-electron chi connectivity index (χ1n) is 9.76. The number of aryl methyl sites for hydroxylation is 1. The summed E-state index contributed by atoms with van der Waals surface area (Å²) in [5.74, 6) is 0.116. The van der Waals surface area contributed by atoms with Crippen LogP contribution in [0.2, 0.25) is 0 Å². The van der Waals surface area contributed by atoms with Crippen molar-refractivity contribution in [2.24, 2.45) is 17.3 Å². The van der Waals surface area contributed by atoms with Crippen molar-refractivity contribution in [2.75, 3.05) is 13.1 Å². The van der Waals surface area contributed by atoms with Crippen LogP contribution in [0.15, 0.2) is 34.9 Å². The fourth-order valence-corrected chi connectivity index (χ4v) is 3.90. The summed E-state index contributed by atoms with van der Waals surface area (Å²) in [7, 11) is 0. The van der Waals surface area contributed by atoms with E-state index in [2.05, 4.69) is 49.9 Å². The van der Waals surface area contributed by atoms with Gasteiger partial charge in [0.1, 0.15) is 5.69 Å². The second-order valence-corrected chi connectivity index (χ2v) is 8.55. The number of likely N-dealkylation sites (tertiary alicyclic amines) is 1. The Morgan fingerprint density at radius 1 is 1.33 bits per heavy atom. The van der Waals surface area contributed by atoms with Gasteiger partial charge in [0.05, 0.1) is 12.5 Å². The molecule has 0 bridgehead atoms. The van der Waals surface area contributed by atoms with Gasteiger partial charge in [0, 0.05) is 24.7 Å². The van der Waals surface area contributed by atoms with Crippen molar-refractivity contribution in [2.45, 2.75) is 47.1 Å². The lowest BCUT2D eigenvalue weighted by Crippen LogP contribution is -2.46. The monoisotopic (exact) mass is 370 g/mol. The second kappa shape index (κ2) is 7.85. The Hall–Kier alpha value is -2.14. The van der Waals surface area contributed by atoms with Crippen molar-refractivity contribution in [3.05, 3.63) is 41.7 Å². The van der Waals surface area contributed by atoms with Gasteiger partial charge in [-0.2, -0.15) is 0 Å². The van der Waals surface area contributed by atoms with Crippen LogP contribution in [0.1, 0.15) is 44.9 Å². The zero-order chi connectivity index (χ0) is 19.6. The standard InChI is InChI=1S/C22H30N2O3/c1-5-22(3,4)18-10-17(21(25)26)12-24(13-18)14-19-11-20(23-27-19)16-8-6-7-15(2)9-16/h6-9,11,17-18H,5,10,12-14H2,1-4H3,(H,25,26). The van der Waals surface area contributed by atoms with E-state index in [1.807, 2.05) is 18.2 Å². The van der Waals surface area contributed by atoms with Gasteiger partial charge < -0.3 is 9.63 Å². The van der Waals surface area contributed by atoms with Gasteiger partial charge in [0.25, 0.3) is 0 Å². The third-order valence-electron chi connectivity index (χ3n) is 6.14. The third kappa shape index (κ3) is 4.59. The molecule has 3 rings (SSSR count). The molecule has 0 saturated carbocycles. The second-order valence-electron chi connectivity index (χ2n) is 8.55. The fraction of sp³-hybridized carbons (Fsp3) is 0.545. The largest absolute Gasteiger partial charge is 0.481 e. The molecule has 1 fully saturated rings. The summed E-state index contributed by atoms with van der Waals surface area (Å²) in [6.45, 7) is 10.8. The number of carboxylic acids is 1. The van der Waals surface area contributed by atoms with E-state index in [0.717, 1.165) is 36.4 Å². The molecule has 1 N–H and O–H groups in total. The number of hydrogen-bond acceptors (Lipinski definition) is 4. The molecule has 1 aliphatic rings. The van der Waals surface area contributed by atoms with Gasteiger partial charge in [-0.1, -0.05) is 56.1 Å². The van der Waals surface area contributed by atoms with E-state index in [1.165, 1.54) is 5.56 Å². The molecule has 1 aromatic heterocycles. The van der Waals surface area contributed by atoms with Crippen molar-refractivity contribution in [3.8, 4) is 11.3 Å². The lowest BCUT2D eigenvalue weighted by molar-refractivity contribution is -0.145. The SMILES string of the molecule is CCC(C)(C)C1CC(C(=O)O)CN(Cc2cc(-c3cccc(C)c3)no2)C1. The molecule has 1 saturated heterocycles. The summed E-state index contributed by atoms with van der Waals surface area (Å²) in [6, 6.07) is 10.1. The normalized spacial score (nSPS) is 21.3. The van der Waals surface area contributed by atoms with E-state index >= 15 is 0 Å². The molecular formula is C22H30N2O3. The summed E-state index contributed by atoms with van der Waals surface area (Å²) in [5, 5.41) is 13.8. The van der Waals surface area contributed by atoms with E-state index in [-0.39, 0.29) is 11.3 Å². The topological polar surface area (TPSA) is 66.6 Å². The van der Waals surface area contributed by atoms with Crippen molar-refractivity contribution in [1.82, 2.24) is 10.1 Å². The van der Waals surface area contributed by atoms with Crippen molar-refractivity contribution < 1.29 is 14.4 Å². The molecule has 1 aromatic carbocycles. The number of nitrogens with zero attached hydrogens (tertiary/aromatic N) is 2. The van der Waals surface area contributed by atoms with E-state index in [1.54, 1.807) is 0 Å². The fourth-order valence-electron chi connectivity index (χ4n) is 3.90. The molecule has 2 aromatic rings. The first-order chi connectivity index (χ1) is 12.8. The summed E-state index contributed by atoms with van der Waals surface area (Å²) in [5.41, 5.74) is 3.17. The molecule has 2 heterocycles. The van der Waals surface area contributed by atoms with Crippen molar-refractivity contribution >= 4 is 5.97 Å². The lowest BCUT2D eigenvalue weighted by Gasteiger charge is -2.43. The van der Waals surface area contributed by atoms with Crippen LogP contribution < -0.4 is 0 Å². The Kier molecular flexibility index (Phi) is 5.70. The first-order valence-corrected chi connectivity index (χ1v) is 9.76. The van der Waals surface area contributed by atoms with E-state index < -0.39 is 5.97 Å². The average molecular weight is 370 g/mol. The van der Waals surface area contributed by atoms with Gasteiger partial charge in [0.15, 0.2) is 5.76 Å². The van der Waals surface area contributed by atoms with Gasteiger partial charge in [0.2, 0.25) is 0 Å². The minimum absolute atomic E-state index is 0.126. The van der Waals surface area contributed by atoms with Gasteiger partial charge in [-0.05, 0) is 30.7 Å². The summed E-state index contributed by atoms with van der Waals surface area (Å²) >= 11 is 0. The van der Waals surface area contributed by atoms with Crippen LogP contribution in [-0.2, 0) is 11.3 Å². The zero-order valence-corrected chi connectivity index (χ0v) is 16.7. The molecule has 2 atom stereocenters. The van der Waals surface area contributed by atoms with Gasteiger partial charge >= 0.3 is 5.97 Å². The van der Waals surface area contributed by atoms with Gasteiger partial charge in [-0.25, -0.2) is 0 Å². The maximum atomic E-state index is 11.7. The van der Waals surface area contributed by atoms with E-state index in [4.69, 9.17) is 4.52 Å². The van der Waals surface area contributed by atoms with Crippen molar-refractivity contribution in [3.63, 3.8) is 0 Å². The van der Waals surface area contributed by atoms with Crippen LogP contribution in [0.25, 0.3) is 11.3 Å². The minimum atomic E-state index is -0.699. The highest BCUT2D eigenvalue weighted by Crippen LogP contribution is 2.39. The summed E-state index contributed by atoms with van der Waals surface area (Å²) < 4.78 is 5.57. The number of benzene rings is 1. The number of aromatic nitrogens is 1. The van der Waals surface area contributed by atoms with Crippen LogP contribution in [0, 0.1) is 24.2 Å². The highest BCUT2D eigenvalue weighted by Gasteiger charge is 2.38. The molecule has 146 valence electrons. The molecule has 0 spiro atoms. The predicted molar refractivity (Wildman–Crippen MR) is 105 cm³/mol. The number of rotatable bonds is 6. The van der Waals surface area contributed by atoms with Gasteiger partial charge in [-0.3, -0.25) is 9.69 Å². The molecule has 5 heteroatoms. The maximum Gasteiger partial charge on any atom is 0.307 e. The Balaban J connectivity index is 1.75. The smallest absolute Gasteiger partial charge is 0.307 e. The molecule has 2 unspecified atom stereocenters. The van der Waals surface area contributed by atoms with Crippen LogP contribution in [0.4, 0.5) is 0 Å². The number of piperidine rings is 1. The van der Waals surface area contributed by atoms with Gasteiger partial charge in [-0.15, -0.1) is 0 Å². The molecule has 0 aliphatic carbocycles. The highest BCUT2D eigenvalue weighted by molar-refractivity contribution is 5.70. The van der Waals surface area contributed by atoms with Crippen LogP contribution in [0.5, 0.6) is 0 Å². The number of carboxylic acid groups (broad SMARTS) is 1. The van der Waals surface area contributed by atoms with Crippen LogP contribution in [-0.4, -0.2) is 34.2 Å². The molecule has 27 heavy (non-hydrogen) atoms.